The van der Waals surface area contributed by atoms with Crippen LogP contribution in [0.5, 0.6) is 0 Å². The van der Waals surface area contributed by atoms with Gasteiger partial charge in [0.05, 0.1) is 11.3 Å². The summed E-state index contributed by atoms with van der Waals surface area (Å²) in [5.74, 6) is -5.51. The van der Waals surface area contributed by atoms with Gasteiger partial charge in [0.1, 0.15) is 11.6 Å². The van der Waals surface area contributed by atoms with Gasteiger partial charge in [0.15, 0.2) is 0 Å². The first-order valence-corrected chi connectivity index (χ1v) is 4.77. The number of ketones is 1. The molecule has 1 aromatic rings. The topological polar surface area (TPSA) is 37.4 Å². The number of amides is 1. The summed E-state index contributed by atoms with van der Waals surface area (Å²) < 4.78 is 63.5. The molecule has 0 spiro atoms. The number of halogens is 5. The van der Waals surface area contributed by atoms with Crippen molar-refractivity contribution in [1.82, 2.24) is 0 Å². The number of carbonyl (C=O) groups excluding carboxylic acids is 2. The Morgan fingerprint density at radius 2 is 1.58 bits per heavy atom. The normalized spacial score (nSPS) is 14.5. The van der Waals surface area contributed by atoms with Crippen LogP contribution in [0.3, 0.4) is 0 Å². The Morgan fingerprint density at radius 1 is 1.05 bits per heavy atom. The molecule has 0 unspecified atom stereocenters. The summed E-state index contributed by atoms with van der Waals surface area (Å²) >= 11 is 0. The minimum atomic E-state index is -5.46. The van der Waals surface area contributed by atoms with Crippen LogP contribution in [0.4, 0.5) is 27.4 Å². The van der Waals surface area contributed by atoms with Crippen LogP contribution in [0.1, 0.15) is 10.4 Å². The Kier molecular flexibility index (Phi) is 4.94. The van der Waals surface area contributed by atoms with E-state index in [1.165, 1.54) is 0 Å². The number of Topliss-reactive ketones (excluding diaryl/α,β-unsaturated/α-hetero) is 1. The minimum Gasteiger partial charge on any atom is -0.448 e. The number of hydrogen-bond acceptors (Lipinski definition) is 2. The maximum Gasteiger partial charge on any atom is 1.00 e. The molecule has 0 atom stereocenters. The first-order valence-electron chi connectivity index (χ1n) is 4.77. The van der Waals surface area contributed by atoms with Gasteiger partial charge in [-0.1, -0.05) is 0 Å². The molecule has 0 saturated carbocycles. The molecule has 0 aliphatic carbocycles. The first kappa shape index (κ1) is 16.8. The van der Waals surface area contributed by atoms with Crippen molar-refractivity contribution in [3.8, 4) is 0 Å². The van der Waals surface area contributed by atoms with Crippen LogP contribution in [0.25, 0.3) is 0 Å². The van der Waals surface area contributed by atoms with Gasteiger partial charge in [-0.2, -0.15) is 0 Å². The summed E-state index contributed by atoms with van der Waals surface area (Å²) in [4.78, 5) is 22.5. The maximum absolute atomic E-state index is 13.4. The third kappa shape index (κ3) is 3.07. The fraction of sp³-hybridized carbons (Fsp3) is 0.111. The summed E-state index contributed by atoms with van der Waals surface area (Å²) in [6.07, 6.45) is -1.78. The molecule has 1 heterocycles. The van der Waals surface area contributed by atoms with Gasteiger partial charge < -0.3 is 17.8 Å². The van der Waals surface area contributed by atoms with Gasteiger partial charge in [-0.25, -0.2) is 8.78 Å². The monoisotopic (exact) mass is 303 g/mol. The SMILES string of the molecule is O=C1C(=O)N(C[B-](F)(F)F)c2c(F)ccc(F)c21.[K+]. The summed E-state index contributed by atoms with van der Waals surface area (Å²) in [5, 5.41) is 0. The van der Waals surface area contributed by atoms with Crippen LogP contribution in [-0.2, 0) is 4.79 Å². The van der Waals surface area contributed by atoms with Crippen molar-refractivity contribution < 1.29 is 82.7 Å². The summed E-state index contributed by atoms with van der Waals surface area (Å²) in [7, 11) is 0. The van der Waals surface area contributed by atoms with E-state index in [1.54, 1.807) is 0 Å². The Labute approximate surface area is 146 Å². The van der Waals surface area contributed by atoms with Crippen LogP contribution in [-0.4, -0.2) is 25.1 Å². The Balaban J connectivity index is 0.00000180. The van der Waals surface area contributed by atoms with E-state index in [0.29, 0.717) is 12.1 Å². The van der Waals surface area contributed by atoms with Crippen molar-refractivity contribution in [2.45, 2.75) is 0 Å². The molecular weight excluding hydrogens is 299 g/mol. The predicted octanol–water partition coefficient (Wildman–Crippen LogP) is -1.12. The minimum absolute atomic E-state index is 0. The molecular formula is C9H4BF5KNO2. The van der Waals surface area contributed by atoms with Crippen molar-refractivity contribution in [3.05, 3.63) is 29.3 Å². The molecule has 0 N–H and O–H groups in total. The van der Waals surface area contributed by atoms with Gasteiger partial charge in [0.25, 0.3) is 11.7 Å². The maximum atomic E-state index is 13.4. The second-order valence-corrected chi connectivity index (χ2v) is 3.71. The molecule has 0 fully saturated rings. The van der Waals surface area contributed by atoms with Gasteiger partial charge in [-0.3, -0.25) is 9.59 Å². The van der Waals surface area contributed by atoms with Gasteiger partial charge in [-0.15, -0.1) is 0 Å². The third-order valence-electron chi connectivity index (χ3n) is 2.40. The second-order valence-electron chi connectivity index (χ2n) is 3.71. The van der Waals surface area contributed by atoms with E-state index in [2.05, 4.69) is 0 Å². The molecule has 1 aliphatic rings. The zero-order valence-corrected chi connectivity index (χ0v) is 12.7. The molecule has 1 aromatic carbocycles. The molecule has 2 rings (SSSR count). The van der Waals surface area contributed by atoms with Crippen molar-refractivity contribution >= 4 is 24.4 Å². The van der Waals surface area contributed by atoms with Crippen molar-refractivity contribution in [2.75, 3.05) is 11.3 Å². The van der Waals surface area contributed by atoms with Crippen molar-refractivity contribution in [1.29, 1.82) is 0 Å². The van der Waals surface area contributed by atoms with Crippen LogP contribution >= 0.6 is 0 Å². The number of benzene rings is 1. The second kappa shape index (κ2) is 5.60. The van der Waals surface area contributed by atoms with Crippen molar-refractivity contribution in [2.24, 2.45) is 0 Å². The largest absolute Gasteiger partial charge is 1.00 e. The zero-order chi connectivity index (χ0) is 13.7. The molecule has 0 radical (unpaired) electrons. The average Bonchev–Trinajstić information content (AvgIpc) is 2.48. The Morgan fingerprint density at radius 3 is 2.11 bits per heavy atom. The van der Waals surface area contributed by atoms with Gasteiger partial charge in [-0.05, 0) is 18.6 Å². The quantitative estimate of drug-likeness (QED) is 0.394. The molecule has 0 saturated heterocycles. The summed E-state index contributed by atoms with van der Waals surface area (Å²) in [6, 6.07) is 1.15. The van der Waals surface area contributed by atoms with E-state index in [9.17, 15) is 31.3 Å². The van der Waals surface area contributed by atoms with E-state index >= 15 is 0 Å². The molecule has 0 bridgehead atoms. The smallest absolute Gasteiger partial charge is 0.448 e. The van der Waals surface area contributed by atoms with E-state index in [1.807, 2.05) is 0 Å². The van der Waals surface area contributed by atoms with Crippen LogP contribution in [0.2, 0.25) is 0 Å². The van der Waals surface area contributed by atoms with Crippen LogP contribution < -0.4 is 56.3 Å². The number of hydrogen-bond donors (Lipinski definition) is 0. The van der Waals surface area contributed by atoms with Gasteiger partial charge in [0, 0.05) is 0 Å². The molecule has 3 nitrogen and oxygen atoms in total. The Hall–Kier alpha value is -0.289. The van der Waals surface area contributed by atoms with Crippen LogP contribution in [0.15, 0.2) is 12.1 Å². The van der Waals surface area contributed by atoms with E-state index in [4.69, 9.17) is 0 Å². The number of carbonyl (C=O) groups is 2. The Bertz CT molecular complexity index is 562. The molecule has 96 valence electrons. The number of rotatable bonds is 2. The number of fused-ring (bicyclic) bond motifs is 1. The van der Waals surface area contributed by atoms with E-state index in [-0.39, 0.29) is 56.3 Å². The molecule has 0 aromatic heterocycles. The molecule has 1 aliphatic heterocycles. The fourth-order valence-corrected chi connectivity index (χ4v) is 1.73. The third-order valence-corrected chi connectivity index (χ3v) is 2.40. The molecule has 10 heteroatoms. The van der Waals surface area contributed by atoms with Gasteiger partial charge in [0.2, 0.25) is 0 Å². The number of nitrogens with zero attached hydrogens (tertiary/aromatic N) is 1. The first-order chi connectivity index (χ1) is 8.22. The molecule has 1 amide bonds. The van der Waals surface area contributed by atoms with Gasteiger partial charge >= 0.3 is 58.4 Å². The van der Waals surface area contributed by atoms with E-state index in [0.717, 1.165) is 0 Å². The standard InChI is InChI=1S/C9H4BF5NO2.K/c11-4-1-2-5(12)7-6(4)8(17)9(18)16(7)3-10(13,14)15;/h1-2H,3H2;/q-1;+1. The molecule has 19 heavy (non-hydrogen) atoms. The zero-order valence-electron chi connectivity index (χ0n) is 9.59. The summed E-state index contributed by atoms with van der Waals surface area (Å²) in [5.41, 5.74) is -1.88. The fourth-order valence-electron chi connectivity index (χ4n) is 1.73. The van der Waals surface area contributed by atoms with Crippen LogP contribution in [0, 0.1) is 11.6 Å². The summed E-state index contributed by atoms with van der Waals surface area (Å²) in [6.45, 7) is -5.46. The number of anilines is 1. The predicted molar refractivity (Wildman–Crippen MR) is 52.1 cm³/mol. The average molecular weight is 303 g/mol. The van der Waals surface area contributed by atoms with E-state index < -0.39 is 48.0 Å². The van der Waals surface area contributed by atoms with Crippen molar-refractivity contribution in [3.63, 3.8) is 0 Å².